The van der Waals surface area contributed by atoms with Crippen molar-refractivity contribution in [3.05, 3.63) is 60.2 Å². The van der Waals surface area contributed by atoms with Gasteiger partial charge in [-0.3, -0.25) is 9.78 Å². The number of nitrogen functional groups attached to an aromatic ring is 1. The van der Waals surface area contributed by atoms with Crippen molar-refractivity contribution in [1.82, 2.24) is 29.5 Å². The predicted octanol–water partition coefficient (Wildman–Crippen LogP) is 1.63. The fourth-order valence-corrected chi connectivity index (χ4v) is 2.56. The lowest BCUT2D eigenvalue weighted by molar-refractivity contribution is 0.0779. The van der Waals surface area contributed by atoms with E-state index in [1.54, 1.807) is 42.5 Å². The largest absolute Gasteiger partial charge is 0.461 e. The number of hydrogen-bond acceptors (Lipinski definition) is 7. The van der Waals surface area contributed by atoms with Crippen LogP contribution in [0.3, 0.4) is 0 Å². The summed E-state index contributed by atoms with van der Waals surface area (Å²) in [4.78, 5) is 26.7. The van der Waals surface area contributed by atoms with Crippen LogP contribution in [-0.2, 0) is 6.54 Å². The molecular weight excluding hydrogens is 334 g/mol. The standard InChI is InChI=1S/C17H15N7O2/c1-23(10-11-4-6-19-7-5-11)16(25)12-9-14-21-15(13-3-2-8-26-13)22-24(14)17(18)20-12/h2-9H,10H2,1H3,(H2,18,20). The fourth-order valence-electron chi connectivity index (χ4n) is 2.56. The highest BCUT2D eigenvalue weighted by atomic mass is 16.3. The number of fused-ring (bicyclic) bond motifs is 1. The van der Waals surface area contributed by atoms with Gasteiger partial charge in [-0.05, 0) is 29.8 Å². The van der Waals surface area contributed by atoms with Crippen LogP contribution in [0, 0.1) is 0 Å². The lowest BCUT2D eigenvalue weighted by Gasteiger charge is -2.16. The second-order valence-corrected chi connectivity index (χ2v) is 5.70. The quantitative estimate of drug-likeness (QED) is 0.595. The van der Waals surface area contributed by atoms with Gasteiger partial charge in [-0.2, -0.15) is 4.52 Å². The zero-order valence-electron chi connectivity index (χ0n) is 13.9. The van der Waals surface area contributed by atoms with Gasteiger partial charge in [-0.15, -0.1) is 5.10 Å². The van der Waals surface area contributed by atoms with E-state index < -0.39 is 0 Å². The minimum atomic E-state index is -0.265. The highest BCUT2D eigenvalue weighted by Gasteiger charge is 2.18. The second-order valence-electron chi connectivity index (χ2n) is 5.70. The summed E-state index contributed by atoms with van der Waals surface area (Å²) >= 11 is 0. The Labute approximate surface area is 148 Å². The summed E-state index contributed by atoms with van der Waals surface area (Å²) in [5.74, 6) is 0.695. The number of hydrogen-bond donors (Lipinski definition) is 1. The Bertz CT molecular complexity index is 1060. The maximum atomic E-state index is 12.7. The minimum Gasteiger partial charge on any atom is -0.461 e. The number of carbonyl (C=O) groups is 1. The fraction of sp³-hybridized carbons (Fsp3) is 0.118. The van der Waals surface area contributed by atoms with Crippen LogP contribution in [0.5, 0.6) is 0 Å². The zero-order valence-corrected chi connectivity index (χ0v) is 13.9. The van der Waals surface area contributed by atoms with Crippen molar-refractivity contribution >= 4 is 17.5 Å². The molecule has 4 aromatic rings. The summed E-state index contributed by atoms with van der Waals surface area (Å²) in [5, 5.41) is 4.26. The summed E-state index contributed by atoms with van der Waals surface area (Å²) in [6, 6.07) is 8.74. The van der Waals surface area contributed by atoms with Crippen LogP contribution in [0.25, 0.3) is 17.2 Å². The van der Waals surface area contributed by atoms with Gasteiger partial charge in [0.1, 0.15) is 5.69 Å². The molecule has 4 heterocycles. The molecule has 130 valence electrons. The Kier molecular flexibility index (Phi) is 3.81. The lowest BCUT2D eigenvalue weighted by atomic mass is 10.2. The number of aromatic nitrogens is 5. The molecule has 0 aliphatic carbocycles. The van der Waals surface area contributed by atoms with Gasteiger partial charge in [0.15, 0.2) is 11.4 Å². The monoisotopic (exact) mass is 349 g/mol. The molecule has 0 unspecified atom stereocenters. The van der Waals surface area contributed by atoms with Gasteiger partial charge in [0.2, 0.25) is 11.8 Å². The molecule has 0 bridgehead atoms. The molecule has 4 rings (SSSR count). The van der Waals surface area contributed by atoms with Crippen molar-refractivity contribution < 1.29 is 9.21 Å². The van der Waals surface area contributed by atoms with Gasteiger partial charge in [0.25, 0.3) is 5.91 Å². The molecule has 1 amide bonds. The van der Waals surface area contributed by atoms with E-state index in [9.17, 15) is 4.79 Å². The summed E-state index contributed by atoms with van der Waals surface area (Å²) in [6.45, 7) is 0.429. The molecule has 9 heteroatoms. The number of nitrogens with two attached hydrogens (primary N) is 1. The van der Waals surface area contributed by atoms with Crippen LogP contribution in [0.4, 0.5) is 5.95 Å². The summed E-state index contributed by atoms with van der Waals surface area (Å²) in [5.41, 5.74) is 7.54. The SMILES string of the molecule is CN(Cc1ccncc1)C(=O)c1cc2nc(-c3ccco3)nn2c(N)n1. The highest BCUT2D eigenvalue weighted by molar-refractivity contribution is 5.93. The molecule has 0 saturated heterocycles. The predicted molar refractivity (Wildman–Crippen MR) is 92.9 cm³/mol. The first-order valence-corrected chi connectivity index (χ1v) is 7.83. The van der Waals surface area contributed by atoms with Crippen molar-refractivity contribution in [3.63, 3.8) is 0 Å². The molecule has 0 saturated carbocycles. The Morgan fingerprint density at radius 1 is 1.27 bits per heavy atom. The molecule has 2 N–H and O–H groups in total. The average molecular weight is 349 g/mol. The Morgan fingerprint density at radius 3 is 2.81 bits per heavy atom. The van der Waals surface area contributed by atoms with Crippen molar-refractivity contribution in [2.45, 2.75) is 6.54 Å². The lowest BCUT2D eigenvalue weighted by Crippen LogP contribution is -2.27. The zero-order chi connectivity index (χ0) is 18.1. The van der Waals surface area contributed by atoms with Gasteiger partial charge in [0.05, 0.1) is 6.26 Å². The van der Waals surface area contributed by atoms with Crippen LogP contribution >= 0.6 is 0 Å². The summed E-state index contributed by atoms with van der Waals surface area (Å²) in [6.07, 6.45) is 4.90. The number of amides is 1. The second kappa shape index (κ2) is 6.28. The van der Waals surface area contributed by atoms with Gasteiger partial charge in [-0.25, -0.2) is 9.97 Å². The molecule has 0 spiro atoms. The Hall–Kier alpha value is -3.75. The number of pyridine rings is 1. The molecule has 9 nitrogen and oxygen atoms in total. The van der Waals surface area contributed by atoms with E-state index in [1.165, 1.54) is 10.8 Å². The maximum absolute atomic E-state index is 12.7. The number of anilines is 1. The smallest absolute Gasteiger partial charge is 0.272 e. The first-order chi connectivity index (χ1) is 12.6. The average Bonchev–Trinajstić information content (AvgIpc) is 3.31. The van der Waals surface area contributed by atoms with Crippen molar-refractivity contribution in [2.75, 3.05) is 12.8 Å². The molecule has 4 aromatic heterocycles. The first kappa shape index (κ1) is 15.8. The van der Waals surface area contributed by atoms with Gasteiger partial charge in [0, 0.05) is 32.1 Å². The van der Waals surface area contributed by atoms with E-state index >= 15 is 0 Å². The van der Waals surface area contributed by atoms with Crippen LogP contribution in [0.15, 0.2) is 53.4 Å². The number of carbonyl (C=O) groups excluding carboxylic acids is 1. The molecule has 0 fully saturated rings. The molecule has 0 aliphatic heterocycles. The summed E-state index contributed by atoms with van der Waals surface area (Å²) < 4.78 is 6.66. The van der Waals surface area contributed by atoms with Crippen LogP contribution < -0.4 is 5.73 Å². The maximum Gasteiger partial charge on any atom is 0.272 e. The highest BCUT2D eigenvalue weighted by Crippen LogP contribution is 2.18. The third kappa shape index (κ3) is 2.86. The van der Waals surface area contributed by atoms with E-state index in [1.807, 2.05) is 12.1 Å². The van der Waals surface area contributed by atoms with Crippen molar-refractivity contribution in [1.29, 1.82) is 0 Å². The van der Waals surface area contributed by atoms with E-state index in [4.69, 9.17) is 10.2 Å². The van der Waals surface area contributed by atoms with E-state index in [-0.39, 0.29) is 17.5 Å². The van der Waals surface area contributed by atoms with Crippen molar-refractivity contribution in [3.8, 4) is 11.6 Å². The normalized spacial score (nSPS) is 11.0. The number of rotatable bonds is 4. The van der Waals surface area contributed by atoms with E-state index in [0.717, 1.165) is 5.56 Å². The topological polar surface area (TPSA) is 115 Å². The number of nitrogens with zero attached hydrogens (tertiary/aromatic N) is 6. The van der Waals surface area contributed by atoms with Crippen LogP contribution in [0.1, 0.15) is 16.1 Å². The molecular formula is C17H15N7O2. The van der Waals surface area contributed by atoms with Gasteiger partial charge < -0.3 is 15.1 Å². The van der Waals surface area contributed by atoms with Crippen LogP contribution in [-0.4, -0.2) is 42.4 Å². The molecule has 0 aromatic carbocycles. The van der Waals surface area contributed by atoms with Gasteiger partial charge >= 0.3 is 0 Å². The molecule has 0 atom stereocenters. The number of furan rings is 1. The van der Waals surface area contributed by atoms with Gasteiger partial charge in [-0.1, -0.05) is 0 Å². The first-order valence-electron chi connectivity index (χ1n) is 7.83. The third-order valence-corrected chi connectivity index (χ3v) is 3.83. The van der Waals surface area contributed by atoms with E-state index in [2.05, 4.69) is 20.1 Å². The van der Waals surface area contributed by atoms with E-state index in [0.29, 0.717) is 23.8 Å². The van der Waals surface area contributed by atoms with Crippen molar-refractivity contribution in [2.24, 2.45) is 0 Å². The Morgan fingerprint density at radius 2 is 2.08 bits per heavy atom. The Balaban J connectivity index is 1.64. The van der Waals surface area contributed by atoms with Crippen LogP contribution in [0.2, 0.25) is 0 Å². The molecule has 0 aliphatic rings. The minimum absolute atomic E-state index is 0.0773. The third-order valence-electron chi connectivity index (χ3n) is 3.83. The molecule has 0 radical (unpaired) electrons. The molecule has 26 heavy (non-hydrogen) atoms. The summed E-state index contributed by atoms with van der Waals surface area (Å²) in [7, 11) is 1.70.